The van der Waals surface area contributed by atoms with Crippen LogP contribution in [-0.2, 0) is 4.74 Å². The van der Waals surface area contributed by atoms with Gasteiger partial charge in [-0.3, -0.25) is 0 Å². The van der Waals surface area contributed by atoms with E-state index in [1.807, 2.05) is 0 Å². The Kier molecular flexibility index (Phi) is 6.26. The minimum atomic E-state index is 0.375. The first kappa shape index (κ1) is 13.0. The van der Waals surface area contributed by atoms with E-state index in [2.05, 4.69) is 26.1 Å². The van der Waals surface area contributed by atoms with E-state index in [4.69, 9.17) is 4.74 Å². The predicted molar refractivity (Wildman–Crippen MR) is 65.1 cm³/mol. The van der Waals surface area contributed by atoms with Crippen LogP contribution in [0.25, 0.3) is 0 Å². The predicted octanol–water partition coefficient (Wildman–Crippen LogP) is 2.97. The highest BCUT2D eigenvalue weighted by Crippen LogP contribution is 2.23. The normalized spacial score (nSPS) is 27.2. The average Bonchev–Trinajstić information content (AvgIpc) is 2.17. The van der Waals surface area contributed by atoms with E-state index in [1.54, 1.807) is 0 Å². The lowest BCUT2D eigenvalue weighted by Gasteiger charge is -2.27. The monoisotopic (exact) mass is 213 g/mol. The van der Waals surface area contributed by atoms with Crippen molar-refractivity contribution in [2.75, 3.05) is 13.2 Å². The Morgan fingerprint density at radius 1 is 1.33 bits per heavy atom. The molecule has 2 nitrogen and oxygen atoms in total. The summed E-state index contributed by atoms with van der Waals surface area (Å²) in [6, 6.07) is 0.771. The molecular weight excluding hydrogens is 186 g/mol. The van der Waals surface area contributed by atoms with Crippen LogP contribution in [0, 0.1) is 5.92 Å². The standard InChI is InChI=1S/C13H27NO/c1-11(2)15-9-5-8-14-13-7-4-6-12(3)10-13/h11-14H,4-10H2,1-3H3. The van der Waals surface area contributed by atoms with E-state index in [0.29, 0.717) is 6.10 Å². The molecule has 0 aromatic rings. The molecule has 0 spiro atoms. The quantitative estimate of drug-likeness (QED) is 0.685. The van der Waals surface area contributed by atoms with Gasteiger partial charge in [-0.25, -0.2) is 0 Å². The van der Waals surface area contributed by atoms with Crippen LogP contribution < -0.4 is 5.32 Å². The Morgan fingerprint density at radius 2 is 2.13 bits per heavy atom. The van der Waals surface area contributed by atoms with Crippen molar-refractivity contribution in [3.63, 3.8) is 0 Å². The molecule has 1 N–H and O–H groups in total. The first-order valence-electron chi connectivity index (χ1n) is 6.53. The van der Waals surface area contributed by atoms with Crippen LogP contribution in [0.1, 0.15) is 52.9 Å². The molecule has 0 radical (unpaired) electrons. The molecule has 1 saturated carbocycles. The minimum absolute atomic E-state index is 0.375. The van der Waals surface area contributed by atoms with Crippen molar-refractivity contribution >= 4 is 0 Å². The highest BCUT2D eigenvalue weighted by Gasteiger charge is 2.17. The van der Waals surface area contributed by atoms with E-state index in [9.17, 15) is 0 Å². The van der Waals surface area contributed by atoms with Gasteiger partial charge in [0.05, 0.1) is 6.10 Å². The summed E-state index contributed by atoms with van der Waals surface area (Å²) in [7, 11) is 0. The van der Waals surface area contributed by atoms with E-state index in [0.717, 1.165) is 31.5 Å². The molecule has 90 valence electrons. The lowest BCUT2D eigenvalue weighted by Crippen LogP contribution is -2.34. The van der Waals surface area contributed by atoms with E-state index in [1.165, 1.54) is 25.7 Å². The summed E-state index contributed by atoms with van der Waals surface area (Å²) < 4.78 is 5.51. The van der Waals surface area contributed by atoms with Crippen molar-refractivity contribution in [2.24, 2.45) is 5.92 Å². The smallest absolute Gasteiger partial charge is 0.0518 e. The average molecular weight is 213 g/mol. The van der Waals surface area contributed by atoms with Gasteiger partial charge in [0.1, 0.15) is 0 Å². The van der Waals surface area contributed by atoms with Gasteiger partial charge in [-0.15, -0.1) is 0 Å². The SMILES string of the molecule is CC1CCCC(NCCCOC(C)C)C1. The van der Waals surface area contributed by atoms with Gasteiger partial charge in [-0.05, 0) is 45.6 Å². The third kappa shape index (κ3) is 6.16. The molecule has 0 aromatic carbocycles. The van der Waals surface area contributed by atoms with Crippen molar-refractivity contribution in [3.8, 4) is 0 Å². The number of hydrogen-bond donors (Lipinski definition) is 1. The maximum absolute atomic E-state index is 5.51. The third-order valence-corrected chi connectivity index (χ3v) is 3.14. The molecule has 2 unspecified atom stereocenters. The van der Waals surface area contributed by atoms with Gasteiger partial charge in [0, 0.05) is 12.6 Å². The zero-order valence-electron chi connectivity index (χ0n) is 10.6. The molecule has 1 aliphatic carbocycles. The van der Waals surface area contributed by atoms with Crippen molar-refractivity contribution < 1.29 is 4.74 Å². The molecule has 0 heterocycles. The fourth-order valence-corrected chi connectivity index (χ4v) is 2.32. The van der Waals surface area contributed by atoms with Crippen molar-refractivity contribution in [3.05, 3.63) is 0 Å². The highest BCUT2D eigenvalue weighted by atomic mass is 16.5. The first-order valence-corrected chi connectivity index (χ1v) is 6.53. The molecule has 0 aliphatic heterocycles. The van der Waals surface area contributed by atoms with Crippen LogP contribution >= 0.6 is 0 Å². The molecular formula is C13H27NO. The summed E-state index contributed by atoms with van der Waals surface area (Å²) in [6.45, 7) is 8.57. The molecule has 15 heavy (non-hydrogen) atoms. The Labute approximate surface area is 94.8 Å². The van der Waals surface area contributed by atoms with Crippen LogP contribution in [0.15, 0.2) is 0 Å². The number of nitrogens with one attached hydrogen (secondary N) is 1. The van der Waals surface area contributed by atoms with Crippen molar-refractivity contribution in [1.29, 1.82) is 0 Å². The van der Waals surface area contributed by atoms with Crippen molar-refractivity contribution in [2.45, 2.75) is 65.0 Å². The first-order chi connectivity index (χ1) is 7.18. The van der Waals surface area contributed by atoms with Gasteiger partial charge in [-0.2, -0.15) is 0 Å². The molecule has 0 bridgehead atoms. The summed E-state index contributed by atoms with van der Waals surface area (Å²) in [6.07, 6.45) is 7.08. The van der Waals surface area contributed by atoms with Gasteiger partial charge >= 0.3 is 0 Å². The zero-order chi connectivity index (χ0) is 11.1. The summed E-state index contributed by atoms with van der Waals surface area (Å²) in [5.74, 6) is 0.920. The lowest BCUT2D eigenvalue weighted by molar-refractivity contribution is 0.0763. The van der Waals surface area contributed by atoms with Gasteiger partial charge in [-0.1, -0.05) is 19.8 Å². The Balaban J connectivity index is 1.95. The van der Waals surface area contributed by atoms with E-state index < -0.39 is 0 Å². The summed E-state index contributed by atoms with van der Waals surface area (Å²) >= 11 is 0. The summed E-state index contributed by atoms with van der Waals surface area (Å²) in [4.78, 5) is 0. The van der Waals surface area contributed by atoms with Gasteiger partial charge < -0.3 is 10.1 Å². The van der Waals surface area contributed by atoms with Gasteiger partial charge in [0.25, 0.3) is 0 Å². The summed E-state index contributed by atoms with van der Waals surface area (Å²) in [5, 5.41) is 3.65. The zero-order valence-corrected chi connectivity index (χ0v) is 10.6. The third-order valence-electron chi connectivity index (χ3n) is 3.14. The second kappa shape index (κ2) is 7.24. The minimum Gasteiger partial charge on any atom is -0.379 e. The number of ether oxygens (including phenoxy) is 1. The fraction of sp³-hybridized carbons (Fsp3) is 1.00. The maximum atomic E-state index is 5.51. The number of rotatable bonds is 6. The van der Waals surface area contributed by atoms with Gasteiger partial charge in [0.2, 0.25) is 0 Å². The van der Waals surface area contributed by atoms with Crippen molar-refractivity contribution in [1.82, 2.24) is 5.32 Å². The van der Waals surface area contributed by atoms with E-state index in [-0.39, 0.29) is 0 Å². The van der Waals surface area contributed by atoms with Crippen LogP contribution in [0.5, 0.6) is 0 Å². The molecule has 0 aromatic heterocycles. The second-order valence-corrected chi connectivity index (χ2v) is 5.20. The molecule has 2 heteroatoms. The molecule has 0 saturated heterocycles. The highest BCUT2D eigenvalue weighted by molar-refractivity contribution is 4.75. The summed E-state index contributed by atoms with van der Waals surface area (Å²) in [5.41, 5.74) is 0. The van der Waals surface area contributed by atoms with Crippen LogP contribution in [0.2, 0.25) is 0 Å². The number of hydrogen-bond acceptors (Lipinski definition) is 2. The van der Waals surface area contributed by atoms with Crippen LogP contribution in [0.4, 0.5) is 0 Å². The molecule has 1 aliphatic rings. The molecule has 2 atom stereocenters. The second-order valence-electron chi connectivity index (χ2n) is 5.20. The Hall–Kier alpha value is -0.0800. The molecule has 1 rings (SSSR count). The molecule has 0 amide bonds. The maximum Gasteiger partial charge on any atom is 0.0518 e. The van der Waals surface area contributed by atoms with E-state index >= 15 is 0 Å². The van der Waals surface area contributed by atoms with Crippen LogP contribution in [-0.4, -0.2) is 25.3 Å². The Morgan fingerprint density at radius 3 is 2.80 bits per heavy atom. The van der Waals surface area contributed by atoms with Crippen LogP contribution in [0.3, 0.4) is 0 Å². The largest absolute Gasteiger partial charge is 0.379 e. The topological polar surface area (TPSA) is 21.3 Å². The Bertz CT molecular complexity index is 159. The van der Waals surface area contributed by atoms with Gasteiger partial charge in [0.15, 0.2) is 0 Å². The molecule has 1 fully saturated rings. The fourth-order valence-electron chi connectivity index (χ4n) is 2.32. The lowest BCUT2D eigenvalue weighted by atomic mass is 9.87.